The number of aryl methyl sites for hydroxylation is 1. The molecule has 0 aliphatic rings. The monoisotopic (exact) mass is 271 g/mol. The average molecular weight is 271 g/mol. The highest BCUT2D eigenvalue weighted by Crippen LogP contribution is 2.33. The summed E-state index contributed by atoms with van der Waals surface area (Å²) in [4.78, 5) is 11.3. The van der Waals surface area contributed by atoms with Crippen molar-refractivity contribution in [2.45, 2.75) is 26.4 Å². The number of benzene rings is 1. The Bertz CT molecular complexity index is 530. The third-order valence-corrected chi connectivity index (χ3v) is 2.52. The quantitative estimate of drug-likeness (QED) is 0.794. The Kier molecular flexibility index (Phi) is 4.54. The van der Waals surface area contributed by atoms with Gasteiger partial charge >= 0.3 is 12.1 Å². The molecule has 1 aromatic rings. The number of carbonyl (C=O) groups is 1. The van der Waals surface area contributed by atoms with Gasteiger partial charge in [0, 0.05) is 0 Å². The zero-order chi connectivity index (χ0) is 14.6. The summed E-state index contributed by atoms with van der Waals surface area (Å²) < 4.78 is 42.7. The fraction of sp³-hybridized carbons (Fsp3) is 0.385. The Balaban J connectivity index is 3.19. The fourth-order valence-corrected chi connectivity index (χ4v) is 1.69. The number of esters is 1. The second kappa shape index (κ2) is 5.74. The molecule has 0 heterocycles. The van der Waals surface area contributed by atoms with Crippen LogP contribution in [0.5, 0.6) is 0 Å². The molecule has 19 heavy (non-hydrogen) atoms. The molecule has 0 radical (unpaired) electrons. The number of hydrogen-bond donors (Lipinski definition) is 0. The van der Waals surface area contributed by atoms with E-state index in [1.54, 1.807) is 13.0 Å². The molecule has 0 aliphatic carbocycles. The third kappa shape index (κ3) is 3.71. The van der Waals surface area contributed by atoms with Crippen LogP contribution in [-0.2, 0) is 22.1 Å². The van der Waals surface area contributed by atoms with E-state index in [0.717, 1.165) is 6.07 Å². The van der Waals surface area contributed by atoms with Gasteiger partial charge in [0.1, 0.15) is 0 Å². The Labute approximate surface area is 108 Å². The first-order valence-corrected chi connectivity index (χ1v) is 5.56. The van der Waals surface area contributed by atoms with Crippen LogP contribution in [0.3, 0.4) is 0 Å². The van der Waals surface area contributed by atoms with Crippen LogP contribution in [0.4, 0.5) is 13.2 Å². The van der Waals surface area contributed by atoms with Crippen LogP contribution in [-0.4, -0.2) is 12.6 Å². The molecule has 1 aromatic carbocycles. The second-order valence-electron chi connectivity index (χ2n) is 3.92. The van der Waals surface area contributed by atoms with Crippen molar-refractivity contribution in [3.63, 3.8) is 0 Å². The predicted octanol–water partition coefficient (Wildman–Crippen LogP) is 2.99. The summed E-state index contributed by atoms with van der Waals surface area (Å²) in [6, 6.07) is 3.65. The van der Waals surface area contributed by atoms with Gasteiger partial charge in [0.05, 0.1) is 30.2 Å². The van der Waals surface area contributed by atoms with Crippen molar-refractivity contribution in [1.29, 1.82) is 5.26 Å². The Morgan fingerprint density at radius 2 is 2.05 bits per heavy atom. The molecule has 0 aromatic heterocycles. The van der Waals surface area contributed by atoms with Gasteiger partial charge in [-0.1, -0.05) is 6.07 Å². The Morgan fingerprint density at radius 1 is 1.42 bits per heavy atom. The summed E-state index contributed by atoms with van der Waals surface area (Å²) in [5.41, 5.74) is -0.806. The van der Waals surface area contributed by atoms with Crippen LogP contribution in [0.15, 0.2) is 12.1 Å². The highest BCUT2D eigenvalue weighted by Gasteiger charge is 2.33. The molecule has 0 bridgehead atoms. The van der Waals surface area contributed by atoms with E-state index < -0.39 is 17.7 Å². The van der Waals surface area contributed by atoms with E-state index in [1.165, 1.54) is 13.0 Å². The van der Waals surface area contributed by atoms with Crippen LogP contribution in [0.2, 0.25) is 0 Å². The lowest BCUT2D eigenvalue weighted by Crippen LogP contribution is -2.12. The normalized spacial score (nSPS) is 10.9. The van der Waals surface area contributed by atoms with E-state index in [0.29, 0.717) is 0 Å². The number of nitriles is 1. The lowest BCUT2D eigenvalue weighted by molar-refractivity contribution is -0.142. The maximum Gasteiger partial charge on any atom is 0.416 e. The third-order valence-electron chi connectivity index (χ3n) is 2.52. The number of rotatable bonds is 3. The van der Waals surface area contributed by atoms with Crippen molar-refractivity contribution in [2.24, 2.45) is 0 Å². The summed E-state index contributed by atoms with van der Waals surface area (Å²) in [7, 11) is 0. The fourth-order valence-electron chi connectivity index (χ4n) is 1.69. The average Bonchev–Trinajstić information content (AvgIpc) is 2.27. The van der Waals surface area contributed by atoms with Crippen molar-refractivity contribution >= 4 is 5.97 Å². The molecule has 0 N–H and O–H groups in total. The van der Waals surface area contributed by atoms with E-state index in [4.69, 9.17) is 10.00 Å². The first-order valence-electron chi connectivity index (χ1n) is 5.56. The van der Waals surface area contributed by atoms with Gasteiger partial charge < -0.3 is 4.74 Å². The van der Waals surface area contributed by atoms with Gasteiger partial charge in [0.15, 0.2) is 0 Å². The summed E-state index contributed by atoms with van der Waals surface area (Å²) in [5, 5.41) is 8.87. The van der Waals surface area contributed by atoms with Gasteiger partial charge in [-0.3, -0.25) is 4.79 Å². The summed E-state index contributed by atoms with van der Waals surface area (Å²) >= 11 is 0. The van der Waals surface area contributed by atoms with Crippen molar-refractivity contribution in [1.82, 2.24) is 0 Å². The standard InChI is InChI=1S/C13H12F3NO2/c1-3-19-12(18)6-9-4-8(2)11(13(14,15)16)5-10(9)7-17/h4-5H,3,6H2,1-2H3. The minimum Gasteiger partial charge on any atom is -0.466 e. The molecule has 0 spiro atoms. The largest absolute Gasteiger partial charge is 0.466 e. The molecule has 0 atom stereocenters. The van der Waals surface area contributed by atoms with E-state index in [2.05, 4.69) is 0 Å². The van der Waals surface area contributed by atoms with Gasteiger partial charge in [0.2, 0.25) is 0 Å². The zero-order valence-corrected chi connectivity index (χ0v) is 10.5. The summed E-state index contributed by atoms with van der Waals surface area (Å²) in [6.45, 7) is 3.10. The molecule has 0 unspecified atom stereocenters. The van der Waals surface area contributed by atoms with E-state index >= 15 is 0 Å². The molecule has 0 amide bonds. The molecule has 0 saturated carbocycles. The van der Waals surface area contributed by atoms with Gasteiger partial charge in [0.25, 0.3) is 0 Å². The molecular formula is C13H12F3NO2. The van der Waals surface area contributed by atoms with Crippen LogP contribution >= 0.6 is 0 Å². The predicted molar refractivity (Wildman–Crippen MR) is 61.2 cm³/mol. The maximum absolute atomic E-state index is 12.7. The molecule has 6 heteroatoms. The van der Waals surface area contributed by atoms with Gasteiger partial charge in [-0.15, -0.1) is 0 Å². The second-order valence-corrected chi connectivity index (χ2v) is 3.92. The molecule has 1 rings (SSSR count). The first-order chi connectivity index (χ1) is 8.79. The SMILES string of the molecule is CCOC(=O)Cc1cc(C)c(C(F)(F)F)cc1C#N. The number of halogens is 3. The maximum atomic E-state index is 12.7. The lowest BCUT2D eigenvalue weighted by Gasteiger charge is -2.13. The highest BCUT2D eigenvalue weighted by atomic mass is 19.4. The van der Waals surface area contributed by atoms with E-state index in [-0.39, 0.29) is 29.7 Å². The lowest BCUT2D eigenvalue weighted by atomic mass is 9.97. The van der Waals surface area contributed by atoms with E-state index in [1.807, 2.05) is 0 Å². The minimum atomic E-state index is -4.52. The molecule has 0 fully saturated rings. The molecule has 0 aliphatic heterocycles. The molecular weight excluding hydrogens is 259 g/mol. The summed E-state index contributed by atoms with van der Waals surface area (Å²) in [5.74, 6) is -0.571. The zero-order valence-electron chi connectivity index (χ0n) is 10.5. The number of carbonyl (C=O) groups excluding carboxylic acids is 1. The first kappa shape index (κ1) is 15.0. The number of hydrogen-bond acceptors (Lipinski definition) is 3. The van der Waals surface area contributed by atoms with Gasteiger partial charge in [-0.2, -0.15) is 18.4 Å². The number of ether oxygens (including phenoxy) is 1. The van der Waals surface area contributed by atoms with Crippen molar-refractivity contribution in [3.05, 3.63) is 34.4 Å². The smallest absolute Gasteiger partial charge is 0.416 e. The van der Waals surface area contributed by atoms with Crippen molar-refractivity contribution in [3.8, 4) is 6.07 Å². The minimum absolute atomic E-state index is 0.0224. The van der Waals surface area contributed by atoms with Crippen LogP contribution in [0.1, 0.15) is 29.2 Å². The summed E-state index contributed by atoms with van der Waals surface area (Å²) in [6.07, 6.45) is -4.73. The number of alkyl halides is 3. The topological polar surface area (TPSA) is 50.1 Å². The van der Waals surface area contributed by atoms with Gasteiger partial charge in [-0.05, 0) is 31.0 Å². The number of nitrogens with zero attached hydrogens (tertiary/aromatic N) is 1. The van der Waals surface area contributed by atoms with Crippen molar-refractivity contribution in [2.75, 3.05) is 6.61 Å². The van der Waals surface area contributed by atoms with Crippen LogP contribution < -0.4 is 0 Å². The molecule has 3 nitrogen and oxygen atoms in total. The van der Waals surface area contributed by atoms with E-state index in [9.17, 15) is 18.0 Å². The van der Waals surface area contributed by atoms with Gasteiger partial charge in [-0.25, -0.2) is 0 Å². The Morgan fingerprint density at radius 3 is 2.53 bits per heavy atom. The van der Waals surface area contributed by atoms with Crippen LogP contribution in [0, 0.1) is 18.3 Å². The van der Waals surface area contributed by atoms with Crippen molar-refractivity contribution < 1.29 is 22.7 Å². The molecule has 102 valence electrons. The Hall–Kier alpha value is -2.03. The molecule has 0 saturated heterocycles. The highest BCUT2D eigenvalue weighted by molar-refractivity contribution is 5.73. The van der Waals surface area contributed by atoms with Crippen LogP contribution in [0.25, 0.3) is 0 Å².